The zero-order valence-corrected chi connectivity index (χ0v) is 14.7. The van der Waals surface area contributed by atoms with Crippen molar-refractivity contribution in [2.75, 3.05) is 25.6 Å². The normalized spacial score (nSPS) is 10.4. The fraction of sp³-hybridized carbons (Fsp3) is 0.200. The van der Waals surface area contributed by atoms with Gasteiger partial charge in [-0.1, -0.05) is 30.3 Å². The lowest BCUT2D eigenvalue weighted by Gasteiger charge is -2.09. The van der Waals surface area contributed by atoms with Crippen LogP contribution < -0.4 is 14.8 Å². The Bertz CT molecular complexity index is 785. The maximum absolute atomic E-state index is 11.9. The van der Waals surface area contributed by atoms with E-state index in [9.17, 15) is 9.59 Å². The fourth-order valence-electron chi connectivity index (χ4n) is 2.18. The lowest BCUT2D eigenvalue weighted by atomic mass is 10.2. The Morgan fingerprint density at radius 2 is 1.73 bits per heavy atom. The molecule has 2 aromatic rings. The molecule has 0 unspecified atom stereocenters. The van der Waals surface area contributed by atoms with Crippen LogP contribution in [0.4, 0.5) is 5.69 Å². The maximum atomic E-state index is 11.9. The molecule has 0 saturated heterocycles. The molecule has 0 aliphatic rings. The van der Waals surface area contributed by atoms with Gasteiger partial charge in [-0.05, 0) is 31.2 Å². The number of methoxy groups -OCH3 is 1. The van der Waals surface area contributed by atoms with E-state index in [2.05, 4.69) is 5.32 Å². The van der Waals surface area contributed by atoms with Crippen molar-refractivity contribution in [3.05, 3.63) is 60.2 Å². The van der Waals surface area contributed by atoms with Gasteiger partial charge < -0.3 is 19.5 Å². The van der Waals surface area contributed by atoms with Crippen molar-refractivity contribution in [3.8, 4) is 11.5 Å². The monoisotopic (exact) mass is 355 g/mol. The van der Waals surface area contributed by atoms with E-state index in [1.54, 1.807) is 30.3 Å². The number of carbonyl (C=O) groups is 2. The average molecular weight is 355 g/mol. The predicted molar refractivity (Wildman–Crippen MR) is 99.2 cm³/mol. The van der Waals surface area contributed by atoms with E-state index in [4.69, 9.17) is 14.2 Å². The van der Waals surface area contributed by atoms with Crippen molar-refractivity contribution in [1.29, 1.82) is 0 Å². The Balaban J connectivity index is 1.87. The number of anilines is 1. The van der Waals surface area contributed by atoms with Crippen LogP contribution in [0, 0.1) is 0 Å². The van der Waals surface area contributed by atoms with Gasteiger partial charge in [0, 0.05) is 11.6 Å². The zero-order valence-electron chi connectivity index (χ0n) is 14.7. The van der Waals surface area contributed by atoms with Gasteiger partial charge in [-0.3, -0.25) is 4.79 Å². The van der Waals surface area contributed by atoms with E-state index >= 15 is 0 Å². The number of hydrogen-bond donors (Lipinski definition) is 1. The molecule has 0 radical (unpaired) electrons. The Labute approximate surface area is 152 Å². The maximum Gasteiger partial charge on any atom is 0.331 e. The highest BCUT2D eigenvalue weighted by atomic mass is 16.5. The van der Waals surface area contributed by atoms with Gasteiger partial charge in [0.2, 0.25) is 0 Å². The molecule has 0 aliphatic heterocycles. The van der Waals surface area contributed by atoms with E-state index in [1.165, 1.54) is 13.2 Å². The SMILES string of the molecule is CCOc1ccccc1/C=C/C(=O)OCC(=O)Nc1ccccc1OC. The second-order valence-corrected chi connectivity index (χ2v) is 5.16. The van der Waals surface area contributed by atoms with Crippen molar-refractivity contribution in [2.24, 2.45) is 0 Å². The number of ether oxygens (including phenoxy) is 3. The summed E-state index contributed by atoms with van der Waals surface area (Å²) < 4.78 is 15.6. The number of para-hydroxylation sites is 3. The van der Waals surface area contributed by atoms with Crippen LogP contribution in [-0.4, -0.2) is 32.2 Å². The largest absolute Gasteiger partial charge is 0.495 e. The Morgan fingerprint density at radius 1 is 1.04 bits per heavy atom. The van der Waals surface area contributed by atoms with Crippen molar-refractivity contribution in [2.45, 2.75) is 6.92 Å². The molecule has 2 rings (SSSR count). The summed E-state index contributed by atoms with van der Waals surface area (Å²) in [6.07, 6.45) is 2.85. The number of rotatable bonds is 8. The highest BCUT2D eigenvalue weighted by molar-refractivity contribution is 5.95. The molecule has 0 aliphatic carbocycles. The van der Waals surface area contributed by atoms with Crippen LogP contribution >= 0.6 is 0 Å². The summed E-state index contributed by atoms with van der Waals surface area (Å²) in [5.41, 5.74) is 1.27. The van der Waals surface area contributed by atoms with Crippen LogP contribution in [0.5, 0.6) is 11.5 Å². The summed E-state index contributed by atoms with van der Waals surface area (Å²) in [5.74, 6) is 0.130. The van der Waals surface area contributed by atoms with Crippen molar-refractivity contribution in [3.63, 3.8) is 0 Å². The third kappa shape index (κ3) is 5.66. The van der Waals surface area contributed by atoms with Gasteiger partial charge >= 0.3 is 5.97 Å². The molecule has 1 amide bonds. The minimum atomic E-state index is -0.619. The number of nitrogens with one attached hydrogen (secondary N) is 1. The molecule has 6 heteroatoms. The highest BCUT2D eigenvalue weighted by Gasteiger charge is 2.09. The first-order valence-electron chi connectivity index (χ1n) is 8.13. The third-order valence-corrected chi connectivity index (χ3v) is 3.34. The van der Waals surface area contributed by atoms with Crippen LogP contribution in [0.2, 0.25) is 0 Å². The van der Waals surface area contributed by atoms with E-state index in [0.29, 0.717) is 23.8 Å². The van der Waals surface area contributed by atoms with E-state index in [1.807, 2.05) is 31.2 Å². The number of carbonyl (C=O) groups excluding carboxylic acids is 2. The molecule has 0 saturated carbocycles. The minimum Gasteiger partial charge on any atom is -0.495 e. The Hall–Kier alpha value is -3.28. The quantitative estimate of drug-likeness (QED) is 0.581. The Kier molecular flexibility index (Phi) is 7.24. The van der Waals surface area contributed by atoms with Crippen LogP contribution in [0.1, 0.15) is 12.5 Å². The topological polar surface area (TPSA) is 73.9 Å². The lowest BCUT2D eigenvalue weighted by molar-refractivity contribution is -0.142. The van der Waals surface area contributed by atoms with Crippen molar-refractivity contribution in [1.82, 2.24) is 0 Å². The molecule has 0 heterocycles. The first kappa shape index (κ1) is 19.1. The predicted octanol–water partition coefficient (Wildman–Crippen LogP) is 3.29. The van der Waals surface area contributed by atoms with Gasteiger partial charge in [0.05, 0.1) is 19.4 Å². The van der Waals surface area contributed by atoms with Crippen LogP contribution in [-0.2, 0) is 14.3 Å². The van der Waals surface area contributed by atoms with Crippen LogP contribution in [0.3, 0.4) is 0 Å². The smallest absolute Gasteiger partial charge is 0.331 e. The van der Waals surface area contributed by atoms with Gasteiger partial charge in [-0.25, -0.2) is 4.79 Å². The third-order valence-electron chi connectivity index (χ3n) is 3.34. The van der Waals surface area contributed by atoms with Gasteiger partial charge in [-0.15, -0.1) is 0 Å². The summed E-state index contributed by atoms with van der Waals surface area (Å²) >= 11 is 0. The van der Waals surface area contributed by atoms with E-state index < -0.39 is 18.5 Å². The molecule has 0 fully saturated rings. The molecule has 2 aromatic carbocycles. The van der Waals surface area contributed by atoms with E-state index in [0.717, 1.165) is 5.56 Å². The molecular weight excluding hydrogens is 334 g/mol. The summed E-state index contributed by atoms with van der Waals surface area (Å²) in [6.45, 7) is 2.02. The summed E-state index contributed by atoms with van der Waals surface area (Å²) in [7, 11) is 1.51. The second-order valence-electron chi connectivity index (χ2n) is 5.16. The number of esters is 1. The molecule has 0 bridgehead atoms. The molecular formula is C20H21NO5. The molecule has 0 aromatic heterocycles. The van der Waals surface area contributed by atoms with Gasteiger partial charge in [0.25, 0.3) is 5.91 Å². The standard InChI is InChI=1S/C20H21NO5/c1-3-25-17-10-6-4-8-15(17)12-13-20(23)26-14-19(22)21-16-9-5-7-11-18(16)24-2/h4-13H,3,14H2,1-2H3,(H,21,22)/b13-12+. The van der Waals surface area contributed by atoms with Gasteiger partial charge in [0.15, 0.2) is 6.61 Å². The first-order chi connectivity index (χ1) is 12.6. The second kappa shape index (κ2) is 9.88. The van der Waals surface area contributed by atoms with Gasteiger partial charge in [0.1, 0.15) is 11.5 Å². The molecule has 26 heavy (non-hydrogen) atoms. The molecule has 0 spiro atoms. The Morgan fingerprint density at radius 3 is 2.46 bits per heavy atom. The zero-order chi connectivity index (χ0) is 18.8. The minimum absolute atomic E-state index is 0.395. The van der Waals surface area contributed by atoms with Crippen molar-refractivity contribution >= 4 is 23.6 Å². The van der Waals surface area contributed by atoms with Crippen LogP contribution in [0.15, 0.2) is 54.6 Å². The van der Waals surface area contributed by atoms with E-state index in [-0.39, 0.29) is 0 Å². The van der Waals surface area contributed by atoms with Gasteiger partial charge in [-0.2, -0.15) is 0 Å². The van der Waals surface area contributed by atoms with Crippen molar-refractivity contribution < 1.29 is 23.8 Å². The lowest BCUT2D eigenvalue weighted by Crippen LogP contribution is -2.20. The average Bonchev–Trinajstić information content (AvgIpc) is 2.66. The van der Waals surface area contributed by atoms with Crippen LogP contribution in [0.25, 0.3) is 6.08 Å². The number of hydrogen-bond acceptors (Lipinski definition) is 5. The summed E-state index contributed by atoms with van der Waals surface area (Å²) in [5, 5.41) is 2.63. The molecule has 1 N–H and O–H groups in total. The number of amides is 1. The first-order valence-corrected chi connectivity index (χ1v) is 8.13. The molecule has 0 atom stereocenters. The fourth-order valence-corrected chi connectivity index (χ4v) is 2.18. The summed E-state index contributed by atoms with van der Waals surface area (Å²) in [4.78, 5) is 23.7. The molecule has 6 nitrogen and oxygen atoms in total. The number of benzene rings is 2. The highest BCUT2D eigenvalue weighted by Crippen LogP contribution is 2.23. The summed E-state index contributed by atoms with van der Waals surface area (Å²) in [6, 6.07) is 14.3. The molecule has 136 valence electrons.